The molecule has 0 saturated carbocycles. The zero-order valence-electron chi connectivity index (χ0n) is 15.4. The molecule has 1 amide bonds. The van der Waals surface area contributed by atoms with Crippen LogP contribution in [0.4, 0.5) is 4.39 Å². The van der Waals surface area contributed by atoms with Crippen molar-refractivity contribution in [2.75, 3.05) is 0 Å². The van der Waals surface area contributed by atoms with E-state index in [1.807, 2.05) is 45.0 Å². The molecule has 1 saturated heterocycles. The normalized spacial score (nSPS) is 21.5. The zero-order chi connectivity index (χ0) is 18.9. The van der Waals surface area contributed by atoms with Crippen LogP contribution in [0.3, 0.4) is 0 Å². The van der Waals surface area contributed by atoms with E-state index < -0.39 is 5.54 Å². The number of Topliss-reactive ketones (excluding diaryl/α,β-unsaturated/α-hetero) is 1. The Morgan fingerprint density at radius 3 is 2.31 bits per heavy atom. The number of ketones is 1. The van der Waals surface area contributed by atoms with Crippen molar-refractivity contribution < 1.29 is 14.0 Å². The highest BCUT2D eigenvalue weighted by molar-refractivity contribution is 5.90. The van der Waals surface area contributed by atoms with Crippen molar-refractivity contribution in [2.24, 2.45) is 5.92 Å². The molecule has 1 heterocycles. The average molecular weight is 353 g/mol. The molecule has 3 nitrogen and oxygen atoms in total. The molecule has 1 aliphatic heterocycles. The lowest BCUT2D eigenvalue weighted by molar-refractivity contribution is -0.127. The molecule has 1 fully saturated rings. The first-order valence-corrected chi connectivity index (χ1v) is 8.91. The molecule has 3 rings (SSSR count). The standard InChI is InChI=1S/C22H24FNO2/c1-14-4-8-16(9-5-14)20-19(21(26)24-22(20,2)3)13-18(25)12-15-6-10-17(23)11-7-15/h4-11,19-20H,12-13H2,1-3H3,(H,24,26)/t19?,20-/m0/s1. The molecule has 2 aromatic rings. The smallest absolute Gasteiger partial charge is 0.224 e. The third-order valence-electron chi connectivity index (χ3n) is 5.16. The Morgan fingerprint density at radius 1 is 1.08 bits per heavy atom. The van der Waals surface area contributed by atoms with Crippen LogP contribution < -0.4 is 5.32 Å². The maximum Gasteiger partial charge on any atom is 0.224 e. The number of benzene rings is 2. The van der Waals surface area contributed by atoms with E-state index in [-0.39, 0.29) is 42.2 Å². The fourth-order valence-electron chi connectivity index (χ4n) is 3.92. The van der Waals surface area contributed by atoms with Crippen LogP contribution in [0.5, 0.6) is 0 Å². The Morgan fingerprint density at radius 2 is 1.69 bits per heavy atom. The van der Waals surface area contributed by atoms with Gasteiger partial charge in [0.15, 0.2) is 0 Å². The van der Waals surface area contributed by atoms with Gasteiger partial charge in [-0.2, -0.15) is 0 Å². The molecule has 2 atom stereocenters. The van der Waals surface area contributed by atoms with Crippen LogP contribution in [0.25, 0.3) is 0 Å². The monoisotopic (exact) mass is 353 g/mol. The largest absolute Gasteiger partial charge is 0.350 e. The molecule has 0 bridgehead atoms. The predicted octanol–water partition coefficient (Wildman–Crippen LogP) is 3.94. The van der Waals surface area contributed by atoms with E-state index in [9.17, 15) is 14.0 Å². The number of carbonyl (C=O) groups excluding carboxylic acids is 2. The lowest BCUT2D eigenvalue weighted by atomic mass is 9.75. The number of rotatable bonds is 5. The van der Waals surface area contributed by atoms with Crippen LogP contribution in [0.15, 0.2) is 48.5 Å². The molecule has 136 valence electrons. The summed E-state index contributed by atoms with van der Waals surface area (Å²) < 4.78 is 13.0. The highest BCUT2D eigenvalue weighted by Crippen LogP contribution is 2.42. The predicted molar refractivity (Wildman–Crippen MR) is 99.4 cm³/mol. The van der Waals surface area contributed by atoms with E-state index >= 15 is 0 Å². The topological polar surface area (TPSA) is 46.2 Å². The summed E-state index contributed by atoms with van der Waals surface area (Å²) in [6, 6.07) is 14.1. The Bertz CT molecular complexity index is 809. The van der Waals surface area contributed by atoms with E-state index in [1.165, 1.54) is 12.1 Å². The van der Waals surface area contributed by atoms with Crippen LogP contribution in [0, 0.1) is 18.7 Å². The molecular weight excluding hydrogens is 329 g/mol. The summed E-state index contributed by atoms with van der Waals surface area (Å²) >= 11 is 0. The van der Waals surface area contributed by atoms with Crippen LogP contribution in [-0.2, 0) is 16.0 Å². The van der Waals surface area contributed by atoms with Crippen molar-refractivity contribution in [3.63, 3.8) is 0 Å². The fourth-order valence-corrected chi connectivity index (χ4v) is 3.92. The fraction of sp³-hybridized carbons (Fsp3) is 0.364. The van der Waals surface area contributed by atoms with Crippen LogP contribution in [0.2, 0.25) is 0 Å². The molecule has 1 aliphatic rings. The Balaban J connectivity index is 1.79. The minimum atomic E-state index is -0.410. The Hall–Kier alpha value is -2.49. The van der Waals surface area contributed by atoms with Gasteiger partial charge >= 0.3 is 0 Å². The van der Waals surface area contributed by atoms with Gasteiger partial charge in [-0.05, 0) is 44.0 Å². The number of halogens is 1. The van der Waals surface area contributed by atoms with Gasteiger partial charge in [-0.3, -0.25) is 9.59 Å². The average Bonchev–Trinajstić information content (AvgIpc) is 2.79. The quantitative estimate of drug-likeness (QED) is 0.885. The zero-order valence-corrected chi connectivity index (χ0v) is 15.4. The van der Waals surface area contributed by atoms with Gasteiger partial charge < -0.3 is 5.32 Å². The van der Waals surface area contributed by atoms with Gasteiger partial charge in [-0.25, -0.2) is 4.39 Å². The summed E-state index contributed by atoms with van der Waals surface area (Å²) in [5.41, 5.74) is 2.58. The molecule has 1 unspecified atom stereocenters. The van der Waals surface area contributed by atoms with Crippen LogP contribution in [0.1, 0.15) is 42.9 Å². The van der Waals surface area contributed by atoms with E-state index in [2.05, 4.69) is 5.32 Å². The van der Waals surface area contributed by atoms with Gasteiger partial charge in [-0.15, -0.1) is 0 Å². The third kappa shape index (κ3) is 3.85. The van der Waals surface area contributed by atoms with Gasteiger partial charge in [-0.1, -0.05) is 42.0 Å². The number of hydrogen-bond donors (Lipinski definition) is 1. The highest BCUT2D eigenvalue weighted by Gasteiger charge is 2.48. The first-order valence-electron chi connectivity index (χ1n) is 8.91. The second-order valence-corrected chi connectivity index (χ2v) is 7.75. The van der Waals surface area contributed by atoms with Gasteiger partial charge in [0.25, 0.3) is 0 Å². The second-order valence-electron chi connectivity index (χ2n) is 7.75. The Kier molecular flexibility index (Phi) is 4.94. The van der Waals surface area contributed by atoms with Gasteiger partial charge in [0, 0.05) is 24.3 Å². The number of carbonyl (C=O) groups is 2. The summed E-state index contributed by atoms with van der Waals surface area (Å²) in [6.45, 7) is 6.02. The first-order chi connectivity index (χ1) is 12.3. The summed E-state index contributed by atoms with van der Waals surface area (Å²) in [5, 5.41) is 3.04. The van der Waals surface area contributed by atoms with E-state index in [4.69, 9.17) is 0 Å². The summed E-state index contributed by atoms with van der Waals surface area (Å²) in [4.78, 5) is 25.1. The maximum absolute atomic E-state index is 13.0. The molecule has 0 spiro atoms. The van der Waals surface area contributed by atoms with Gasteiger partial charge in [0.1, 0.15) is 11.6 Å². The third-order valence-corrected chi connectivity index (χ3v) is 5.16. The first kappa shape index (κ1) is 18.3. The molecule has 2 aromatic carbocycles. The summed E-state index contributed by atoms with van der Waals surface area (Å²) in [7, 11) is 0. The molecule has 26 heavy (non-hydrogen) atoms. The molecule has 0 radical (unpaired) electrons. The number of nitrogens with one attached hydrogen (secondary N) is 1. The van der Waals surface area contributed by atoms with Crippen molar-refractivity contribution in [3.05, 3.63) is 71.0 Å². The SMILES string of the molecule is Cc1ccc([C@H]2C(CC(=O)Cc3ccc(F)cc3)C(=O)NC2(C)C)cc1. The molecule has 0 aliphatic carbocycles. The molecule has 0 aromatic heterocycles. The summed E-state index contributed by atoms with van der Waals surface area (Å²) in [6.07, 6.45) is 0.399. The summed E-state index contributed by atoms with van der Waals surface area (Å²) in [5.74, 6) is -0.856. The van der Waals surface area contributed by atoms with Crippen molar-refractivity contribution in [3.8, 4) is 0 Å². The number of amides is 1. The lowest BCUT2D eigenvalue weighted by Crippen LogP contribution is -2.38. The van der Waals surface area contributed by atoms with Crippen molar-refractivity contribution in [1.82, 2.24) is 5.32 Å². The van der Waals surface area contributed by atoms with E-state index in [1.54, 1.807) is 12.1 Å². The van der Waals surface area contributed by atoms with Crippen molar-refractivity contribution in [1.29, 1.82) is 0 Å². The van der Waals surface area contributed by atoms with Crippen molar-refractivity contribution in [2.45, 2.75) is 45.1 Å². The highest BCUT2D eigenvalue weighted by atomic mass is 19.1. The van der Waals surface area contributed by atoms with E-state index in [0.29, 0.717) is 0 Å². The molecule has 4 heteroatoms. The van der Waals surface area contributed by atoms with Crippen LogP contribution in [-0.4, -0.2) is 17.2 Å². The minimum absolute atomic E-state index is 0.00781. The van der Waals surface area contributed by atoms with Crippen molar-refractivity contribution >= 4 is 11.7 Å². The lowest BCUT2D eigenvalue weighted by Gasteiger charge is -2.29. The Labute approximate surface area is 153 Å². The van der Waals surface area contributed by atoms with Gasteiger partial charge in [0.05, 0.1) is 5.92 Å². The minimum Gasteiger partial charge on any atom is -0.350 e. The van der Waals surface area contributed by atoms with E-state index in [0.717, 1.165) is 16.7 Å². The van der Waals surface area contributed by atoms with Crippen LogP contribution >= 0.6 is 0 Å². The van der Waals surface area contributed by atoms with Gasteiger partial charge in [0.2, 0.25) is 5.91 Å². The number of hydrogen-bond acceptors (Lipinski definition) is 2. The number of aryl methyl sites for hydroxylation is 1. The maximum atomic E-state index is 13.0. The second kappa shape index (κ2) is 7.02. The molecular formula is C22H24FNO2. The molecule has 1 N–H and O–H groups in total.